The fraction of sp³-hybridized carbons (Fsp3) is 0.636. The third kappa shape index (κ3) is 3.15. The second-order valence-corrected chi connectivity index (χ2v) is 6.82. The van der Waals surface area contributed by atoms with Crippen LogP contribution in [0.25, 0.3) is 0 Å². The molecule has 5 nitrogen and oxygen atoms in total. The van der Waals surface area contributed by atoms with Crippen LogP contribution in [0.15, 0.2) is 12.4 Å². The Morgan fingerprint density at radius 3 is 2.88 bits per heavy atom. The van der Waals surface area contributed by atoms with Crippen molar-refractivity contribution >= 4 is 15.6 Å². The Labute approximate surface area is 101 Å². The lowest BCUT2D eigenvalue weighted by atomic mass is 9.99. The lowest BCUT2D eigenvalue weighted by Crippen LogP contribution is -2.16. The first-order chi connectivity index (χ1) is 7.96. The average Bonchev–Trinajstić information content (AvgIpc) is 2.81. The zero-order valence-corrected chi connectivity index (χ0v) is 10.6. The summed E-state index contributed by atoms with van der Waals surface area (Å²) in [4.78, 5) is 11.8. The highest BCUT2D eigenvalue weighted by Crippen LogP contribution is 2.21. The number of sulfone groups is 1. The van der Waals surface area contributed by atoms with E-state index in [1.807, 2.05) is 13.2 Å². The summed E-state index contributed by atoms with van der Waals surface area (Å²) in [7, 11) is -1.13. The Hall–Kier alpha value is -1.17. The quantitative estimate of drug-likeness (QED) is 0.780. The number of Topliss-reactive ketones (excluding diaryl/α,β-unsaturated/α-hetero) is 1. The van der Waals surface area contributed by atoms with Gasteiger partial charge < -0.3 is 0 Å². The molecule has 0 N–H and O–H groups in total. The molecule has 0 aliphatic carbocycles. The number of carbonyl (C=O) groups excluding carboxylic acids is 1. The Balaban J connectivity index is 1.86. The number of nitrogens with zero attached hydrogens (tertiary/aromatic N) is 2. The molecule has 2 rings (SSSR count). The molecule has 94 valence electrons. The number of hydrogen-bond acceptors (Lipinski definition) is 4. The maximum absolute atomic E-state index is 11.8. The zero-order valence-electron chi connectivity index (χ0n) is 9.80. The maximum atomic E-state index is 11.8. The summed E-state index contributed by atoms with van der Waals surface area (Å²) in [5, 5.41) is 4.02. The Morgan fingerprint density at radius 1 is 1.59 bits per heavy atom. The molecular weight excluding hydrogens is 240 g/mol. The van der Waals surface area contributed by atoms with Crippen molar-refractivity contribution < 1.29 is 13.2 Å². The van der Waals surface area contributed by atoms with Gasteiger partial charge in [0.25, 0.3) is 0 Å². The Bertz CT molecular complexity index is 519. The largest absolute Gasteiger partial charge is 0.299 e. The van der Waals surface area contributed by atoms with Crippen LogP contribution in [0, 0.1) is 5.92 Å². The minimum absolute atomic E-state index is 0.0405. The summed E-state index contributed by atoms with van der Waals surface area (Å²) in [6, 6.07) is 0. The van der Waals surface area contributed by atoms with Gasteiger partial charge in [0.1, 0.15) is 5.78 Å². The van der Waals surface area contributed by atoms with Crippen LogP contribution >= 0.6 is 0 Å². The van der Waals surface area contributed by atoms with E-state index in [0.717, 1.165) is 5.56 Å². The van der Waals surface area contributed by atoms with Crippen molar-refractivity contribution in [3.8, 4) is 0 Å². The molecule has 0 saturated carbocycles. The van der Waals surface area contributed by atoms with Crippen molar-refractivity contribution in [1.82, 2.24) is 9.78 Å². The number of hydrogen-bond donors (Lipinski definition) is 0. The van der Waals surface area contributed by atoms with E-state index < -0.39 is 9.84 Å². The molecule has 0 bridgehead atoms. The highest BCUT2D eigenvalue weighted by atomic mass is 32.2. The highest BCUT2D eigenvalue weighted by molar-refractivity contribution is 7.91. The van der Waals surface area contributed by atoms with Gasteiger partial charge in [-0.25, -0.2) is 8.42 Å². The predicted molar refractivity (Wildman–Crippen MR) is 63.3 cm³/mol. The zero-order chi connectivity index (χ0) is 12.5. The van der Waals surface area contributed by atoms with Crippen LogP contribution in [0.5, 0.6) is 0 Å². The number of aryl methyl sites for hydroxylation is 2. The van der Waals surface area contributed by atoms with Crippen molar-refractivity contribution in [2.24, 2.45) is 13.0 Å². The third-order valence-electron chi connectivity index (χ3n) is 3.11. The molecule has 6 heteroatoms. The topological polar surface area (TPSA) is 69.0 Å². The summed E-state index contributed by atoms with van der Waals surface area (Å²) in [5.74, 6) is -0.0126. The number of rotatable bonds is 4. The van der Waals surface area contributed by atoms with Crippen molar-refractivity contribution in [3.05, 3.63) is 18.0 Å². The normalized spacial score (nSPS) is 22.8. The summed E-state index contributed by atoms with van der Waals surface area (Å²) in [6.45, 7) is 0. The van der Waals surface area contributed by atoms with Crippen LogP contribution in [0.4, 0.5) is 0 Å². The van der Waals surface area contributed by atoms with E-state index in [0.29, 0.717) is 19.3 Å². The molecule has 1 unspecified atom stereocenters. The molecule has 1 saturated heterocycles. The molecular formula is C11H16N2O3S. The Kier molecular flexibility index (Phi) is 3.33. The monoisotopic (exact) mass is 256 g/mol. The van der Waals surface area contributed by atoms with Gasteiger partial charge in [-0.15, -0.1) is 0 Å². The first kappa shape index (κ1) is 12.3. The van der Waals surface area contributed by atoms with E-state index in [-0.39, 0.29) is 23.2 Å². The third-order valence-corrected chi connectivity index (χ3v) is 4.87. The Morgan fingerprint density at radius 2 is 2.35 bits per heavy atom. The number of ketones is 1. The lowest BCUT2D eigenvalue weighted by molar-refractivity contribution is -0.122. The van der Waals surface area contributed by atoms with E-state index in [9.17, 15) is 13.2 Å². The molecule has 0 amide bonds. The van der Waals surface area contributed by atoms with Crippen LogP contribution < -0.4 is 0 Å². The average molecular weight is 256 g/mol. The van der Waals surface area contributed by atoms with Crippen molar-refractivity contribution in [3.63, 3.8) is 0 Å². The summed E-state index contributed by atoms with van der Waals surface area (Å²) >= 11 is 0. The van der Waals surface area contributed by atoms with Gasteiger partial charge in [0.15, 0.2) is 9.84 Å². The number of aromatic nitrogens is 2. The fourth-order valence-corrected chi connectivity index (χ4v) is 3.90. The predicted octanol–water partition coefficient (Wildman–Crippen LogP) is 0.356. The van der Waals surface area contributed by atoms with Crippen LogP contribution in [0.2, 0.25) is 0 Å². The van der Waals surface area contributed by atoms with Gasteiger partial charge in [0.05, 0.1) is 17.7 Å². The van der Waals surface area contributed by atoms with Crippen molar-refractivity contribution in [1.29, 1.82) is 0 Å². The molecule has 0 spiro atoms. The van der Waals surface area contributed by atoms with E-state index in [4.69, 9.17) is 0 Å². The van der Waals surface area contributed by atoms with Crippen LogP contribution in [-0.2, 0) is 28.1 Å². The van der Waals surface area contributed by atoms with Gasteiger partial charge in [-0.05, 0) is 18.4 Å². The molecule has 1 aromatic rings. The first-order valence-corrected chi connectivity index (χ1v) is 7.49. The summed E-state index contributed by atoms with van der Waals surface area (Å²) in [5.41, 5.74) is 1.02. The first-order valence-electron chi connectivity index (χ1n) is 5.67. The van der Waals surface area contributed by atoms with Gasteiger partial charge in [0.2, 0.25) is 0 Å². The second kappa shape index (κ2) is 4.60. The van der Waals surface area contributed by atoms with E-state index >= 15 is 0 Å². The van der Waals surface area contributed by atoms with Gasteiger partial charge >= 0.3 is 0 Å². The molecule has 1 aliphatic heterocycles. The van der Waals surface area contributed by atoms with Crippen molar-refractivity contribution in [2.45, 2.75) is 19.3 Å². The molecule has 0 radical (unpaired) electrons. The summed E-state index contributed by atoms with van der Waals surface area (Å²) in [6.07, 6.45) is 5.15. The minimum Gasteiger partial charge on any atom is -0.299 e. The highest BCUT2D eigenvalue weighted by Gasteiger charge is 2.32. The van der Waals surface area contributed by atoms with Gasteiger partial charge in [0, 0.05) is 25.6 Å². The van der Waals surface area contributed by atoms with Crippen LogP contribution in [-0.4, -0.2) is 35.5 Å². The molecule has 2 heterocycles. The number of carbonyl (C=O) groups is 1. The van der Waals surface area contributed by atoms with E-state index in [2.05, 4.69) is 5.10 Å². The standard InChI is InChI=1S/C11H16N2O3S/c1-13-7-9(6-12-13)2-3-11(14)10-4-5-17(15,16)8-10/h6-7,10H,2-5,8H2,1H3. The van der Waals surface area contributed by atoms with Gasteiger partial charge in [-0.1, -0.05) is 0 Å². The molecule has 1 aliphatic rings. The molecule has 1 atom stereocenters. The second-order valence-electron chi connectivity index (χ2n) is 4.59. The van der Waals surface area contributed by atoms with E-state index in [1.54, 1.807) is 10.9 Å². The molecule has 1 fully saturated rings. The lowest BCUT2D eigenvalue weighted by Gasteiger charge is -2.05. The van der Waals surface area contributed by atoms with Crippen LogP contribution in [0.3, 0.4) is 0 Å². The molecule has 0 aromatic carbocycles. The maximum Gasteiger partial charge on any atom is 0.151 e. The minimum atomic E-state index is -2.96. The van der Waals surface area contributed by atoms with Gasteiger partial charge in [-0.3, -0.25) is 9.48 Å². The van der Waals surface area contributed by atoms with Crippen LogP contribution in [0.1, 0.15) is 18.4 Å². The van der Waals surface area contributed by atoms with E-state index in [1.165, 1.54) is 0 Å². The molecule has 17 heavy (non-hydrogen) atoms. The van der Waals surface area contributed by atoms with Crippen molar-refractivity contribution in [2.75, 3.05) is 11.5 Å². The smallest absolute Gasteiger partial charge is 0.151 e. The molecule has 1 aromatic heterocycles. The fourth-order valence-electron chi connectivity index (χ4n) is 2.12. The summed E-state index contributed by atoms with van der Waals surface area (Å²) < 4.78 is 24.2. The SMILES string of the molecule is Cn1cc(CCC(=O)C2CCS(=O)(=O)C2)cn1. The van der Waals surface area contributed by atoms with Gasteiger partial charge in [-0.2, -0.15) is 5.10 Å².